The molecule has 0 amide bonds. The monoisotopic (exact) mass is 311 g/mol. The summed E-state index contributed by atoms with van der Waals surface area (Å²) in [5, 5.41) is 13.9. The summed E-state index contributed by atoms with van der Waals surface area (Å²) in [6.07, 6.45) is 1.65. The lowest BCUT2D eigenvalue weighted by molar-refractivity contribution is 0.0691. The van der Waals surface area contributed by atoms with Gasteiger partial charge in [-0.15, -0.1) is 11.3 Å². The molecule has 2 aromatic heterocycles. The second-order valence-electron chi connectivity index (χ2n) is 4.37. The van der Waals surface area contributed by atoms with Crippen LogP contribution in [-0.2, 0) is 6.42 Å². The first kappa shape index (κ1) is 15.1. The van der Waals surface area contributed by atoms with Crippen molar-refractivity contribution in [3.63, 3.8) is 0 Å². The second-order valence-corrected chi connectivity index (χ2v) is 5.31. The van der Waals surface area contributed by atoms with Gasteiger partial charge in [-0.3, -0.25) is 0 Å². The van der Waals surface area contributed by atoms with E-state index in [2.05, 4.69) is 20.3 Å². The van der Waals surface area contributed by atoms with Gasteiger partial charge in [-0.1, -0.05) is 0 Å². The molecule has 21 heavy (non-hydrogen) atoms. The van der Waals surface area contributed by atoms with Crippen molar-refractivity contribution in [3.05, 3.63) is 28.1 Å². The number of carboxylic acids is 1. The first-order chi connectivity index (χ1) is 9.97. The molecule has 0 aliphatic rings. The van der Waals surface area contributed by atoms with Crippen molar-refractivity contribution >= 4 is 29.1 Å². The molecule has 0 bridgehead atoms. The highest BCUT2D eigenvalue weighted by atomic mass is 32.1. The normalized spacial score (nSPS) is 10.4. The Balaban J connectivity index is 1.94. The fraction of sp³-hybridized carbons (Fsp3) is 0.333. The van der Waals surface area contributed by atoms with E-state index in [1.165, 1.54) is 16.7 Å². The number of carboxylic acid groups (broad SMARTS) is 1. The van der Waals surface area contributed by atoms with Crippen LogP contribution in [0.5, 0.6) is 0 Å². The minimum absolute atomic E-state index is 0.0444. The number of thiazole rings is 1. The fourth-order valence-electron chi connectivity index (χ4n) is 1.56. The van der Waals surface area contributed by atoms with E-state index >= 15 is 0 Å². The van der Waals surface area contributed by atoms with Crippen LogP contribution in [0.4, 0.5) is 16.2 Å². The van der Waals surface area contributed by atoms with Crippen LogP contribution in [0.1, 0.15) is 15.5 Å². The van der Waals surface area contributed by atoms with E-state index in [-0.39, 0.29) is 11.5 Å². The van der Waals surface area contributed by atoms with Crippen molar-refractivity contribution in [2.45, 2.75) is 6.42 Å². The summed E-state index contributed by atoms with van der Waals surface area (Å²) in [5.74, 6) is -1.01. The molecule has 0 saturated heterocycles. The summed E-state index contributed by atoms with van der Waals surface area (Å²) in [5.41, 5.74) is 0.0444. The van der Waals surface area contributed by atoms with Crippen molar-refractivity contribution in [1.29, 1.82) is 0 Å². The number of anilines is 2. The number of aromatic carboxylic acids is 1. The maximum absolute atomic E-state index is 13.4. The zero-order valence-electron chi connectivity index (χ0n) is 11.5. The van der Waals surface area contributed by atoms with Gasteiger partial charge in [-0.05, 0) is 0 Å². The van der Waals surface area contributed by atoms with Gasteiger partial charge < -0.3 is 15.3 Å². The summed E-state index contributed by atoms with van der Waals surface area (Å²) in [7, 11) is 3.39. The average molecular weight is 311 g/mol. The number of halogens is 1. The molecule has 0 unspecified atom stereocenters. The number of hydrogen-bond acceptors (Lipinski definition) is 7. The molecule has 7 nitrogen and oxygen atoms in total. The molecule has 0 saturated carbocycles. The SMILES string of the molecule is CN(C)c1nc(NCCc2nc(C(=O)O)cs2)ncc1F. The van der Waals surface area contributed by atoms with Gasteiger partial charge in [0.2, 0.25) is 5.95 Å². The molecule has 0 aliphatic carbocycles. The van der Waals surface area contributed by atoms with Gasteiger partial charge in [0, 0.05) is 32.4 Å². The highest BCUT2D eigenvalue weighted by Crippen LogP contribution is 2.15. The molecule has 0 atom stereocenters. The van der Waals surface area contributed by atoms with Gasteiger partial charge in [-0.25, -0.2) is 19.2 Å². The maximum Gasteiger partial charge on any atom is 0.355 e. The summed E-state index contributed by atoms with van der Waals surface area (Å²) >= 11 is 1.28. The molecule has 0 radical (unpaired) electrons. The molecule has 0 fully saturated rings. The number of rotatable bonds is 6. The van der Waals surface area contributed by atoms with Crippen LogP contribution < -0.4 is 10.2 Å². The zero-order valence-corrected chi connectivity index (χ0v) is 12.3. The Morgan fingerprint density at radius 1 is 1.48 bits per heavy atom. The van der Waals surface area contributed by atoms with Crippen molar-refractivity contribution < 1.29 is 14.3 Å². The van der Waals surface area contributed by atoms with Crippen LogP contribution in [0.3, 0.4) is 0 Å². The second kappa shape index (κ2) is 6.44. The summed E-state index contributed by atoms with van der Waals surface area (Å²) in [6.45, 7) is 0.477. The molecular weight excluding hydrogens is 297 g/mol. The van der Waals surface area contributed by atoms with E-state index in [9.17, 15) is 9.18 Å². The van der Waals surface area contributed by atoms with Crippen LogP contribution in [0.2, 0.25) is 0 Å². The Morgan fingerprint density at radius 2 is 2.24 bits per heavy atom. The lowest BCUT2D eigenvalue weighted by Gasteiger charge is -2.13. The van der Waals surface area contributed by atoms with Crippen LogP contribution in [0.25, 0.3) is 0 Å². The van der Waals surface area contributed by atoms with Crippen molar-refractivity contribution in [1.82, 2.24) is 15.0 Å². The van der Waals surface area contributed by atoms with Gasteiger partial charge in [0.15, 0.2) is 17.3 Å². The third-order valence-electron chi connectivity index (χ3n) is 2.54. The summed E-state index contributed by atoms with van der Waals surface area (Å²) < 4.78 is 13.4. The zero-order chi connectivity index (χ0) is 15.4. The predicted molar refractivity (Wildman–Crippen MR) is 77.6 cm³/mol. The molecule has 2 heterocycles. The minimum atomic E-state index is -1.04. The Labute approximate surface area is 124 Å². The quantitative estimate of drug-likeness (QED) is 0.835. The van der Waals surface area contributed by atoms with Gasteiger partial charge in [0.1, 0.15) is 0 Å². The Hall–Kier alpha value is -2.29. The van der Waals surface area contributed by atoms with Crippen LogP contribution in [-0.4, -0.2) is 46.7 Å². The van der Waals surface area contributed by atoms with E-state index in [0.29, 0.717) is 23.9 Å². The van der Waals surface area contributed by atoms with Gasteiger partial charge in [0.05, 0.1) is 11.2 Å². The van der Waals surface area contributed by atoms with Gasteiger partial charge in [-0.2, -0.15) is 4.98 Å². The topological polar surface area (TPSA) is 91.2 Å². The smallest absolute Gasteiger partial charge is 0.355 e. The molecule has 112 valence electrons. The van der Waals surface area contributed by atoms with Crippen molar-refractivity contribution in [2.75, 3.05) is 30.9 Å². The first-order valence-corrected chi connectivity index (χ1v) is 6.96. The largest absolute Gasteiger partial charge is 0.476 e. The number of aromatic nitrogens is 3. The lowest BCUT2D eigenvalue weighted by Crippen LogP contribution is -2.15. The molecule has 2 rings (SSSR count). The molecule has 2 aromatic rings. The summed E-state index contributed by atoms with van der Waals surface area (Å²) in [4.78, 5) is 24.1. The molecule has 0 aromatic carbocycles. The lowest BCUT2D eigenvalue weighted by atomic mass is 10.4. The maximum atomic E-state index is 13.4. The Bertz CT molecular complexity index is 646. The average Bonchev–Trinajstić information content (AvgIpc) is 2.89. The third-order valence-corrected chi connectivity index (χ3v) is 3.45. The molecule has 0 aliphatic heterocycles. The molecule has 2 N–H and O–H groups in total. The standard InChI is InChI=1S/C12H14FN5O2S/c1-18(2)10-7(13)5-15-12(17-10)14-4-3-9-16-8(6-21-9)11(19)20/h5-6H,3-4H2,1-2H3,(H,19,20)(H,14,15,17). The van der Waals surface area contributed by atoms with Crippen LogP contribution in [0, 0.1) is 5.82 Å². The minimum Gasteiger partial charge on any atom is -0.476 e. The first-order valence-electron chi connectivity index (χ1n) is 6.09. The number of nitrogens with one attached hydrogen (secondary N) is 1. The molecule has 0 spiro atoms. The van der Waals surface area contributed by atoms with E-state index in [4.69, 9.17) is 5.11 Å². The Morgan fingerprint density at radius 3 is 2.86 bits per heavy atom. The van der Waals surface area contributed by atoms with Gasteiger partial charge in [0.25, 0.3) is 0 Å². The number of hydrogen-bond donors (Lipinski definition) is 2. The molecule has 9 heteroatoms. The Kier molecular flexibility index (Phi) is 4.63. The highest BCUT2D eigenvalue weighted by Gasteiger charge is 2.10. The number of carbonyl (C=O) groups is 1. The van der Waals surface area contributed by atoms with Gasteiger partial charge >= 0.3 is 5.97 Å². The summed E-state index contributed by atoms with van der Waals surface area (Å²) in [6, 6.07) is 0. The van der Waals surface area contributed by atoms with Crippen LogP contribution >= 0.6 is 11.3 Å². The van der Waals surface area contributed by atoms with Crippen LogP contribution in [0.15, 0.2) is 11.6 Å². The van der Waals surface area contributed by atoms with E-state index in [1.807, 2.05) is 0 Å². The third kappa shape index (κ3) is 3.85. The van der Waals surface area contributed by atoms with Crippen molar-refractivity contribution in [3.8, 4) is 0 Å². The van der Waals surface area contributed by atoms with E-state index in [1.54, 1.807) is 19.0 Å². The fourth-order valence-corrected chi connectivity index (χ4v) is 2.33. The number of nitrogens with zero attached hydrogens (tertiary/aromatic N) is 4. The van der Waals surface area contributed by atoms with E-state index in [0.717, 1.165) is 6.20 Å². The highest BCUT2D eigenvalue weighted by molar-refractivity contribution is 7.09. The van der Waals surface area contributed by atoms with E-state index < -0.39 is 11.8 Å². The predicted octanol–water partition coefficient (Wildman–Crippen LogP) is 1.49. The molecular formula is C12H14FN5O2S. The van der Waals surface area contributed by atoms with Crippen molar-refractivity contribution in [2.24, 2.45) is 0 Å².